The van der Waals surface area contributed by atoms with E-state index in [1.54, 1.807) is 5.56 Å². The molecule has 1 heterocycles. The molecule has 4 fully saturated rings. The van der Waals surface area contributed by atoms with Gasteiger partial charge in [-0.1, -0.05) is 135 Å². The molecule has 5 aliphatic carbocycles. The molecular formula is C63H56N2. The molecule has 0 saturated heterocycles. The van der Waals surface area contributed by atoms with Gasteiger partial charge in [-0.25, -0.2) is 0 Å². The van der Waals surface area contributed by atoms with Gasteiger partial charge >= 0.3 is 0 Å². The molecule has 4 bridgehead atoms. The summed E-state index contributed by atoms with van der Waals surface area (Å²) in [7, 11) is 0. The Bertz CT molecular complexity index is 3230. The lowest BCUT2D eigenvalue weighted by molar-refractivity contribution is -0.00518. The largest absolute Gasteiger partial charge is 0.309 e. The second kappa shape index (κ2) is 14.4. The van der Waals surface area contributed by atoms with Crippen LogP contribution in [0.4, 0.5) is 17.1 Å². The highest BCUT2D eigenvalue weighted by atomic mass is 15.2. The smallest absolute Gasteiger partial charge is 0.0541 e. The average molecular weight is 841 g/mol. The van der Waals surface area contributed by atoms with Gasteiger partial charge in [0.15, 0.2) is 0 Å². The van der Waals surface area contributed by atoms with Crippen LogP contribution in [0.1, 0.15) is 80.2 Å². The fourth-order valence-electron chi connectivity index (χ4n) is 14.1. The Morgan fingerprint density at radius 2 is 1.06 bits per heavy atom. The van der Waals surface area contributed by atoms with Crippen molar-refractivity contribution in [3.8, 4) is 39.1 Å². The number of hydrogen-bond donors (Lipinski definition) is 0. The van der Waals surface area contributed by atoms with E-state index in [9.17, 15) is 0 Å². The highest BCUT2D eigenvalue weighted by Gasteiger charge is 2.51. The number of benzene rings is 8. The monoisotopic (exact) mass is 840 g/mol. The Morgan fingerprint density at radius 3 is 1.72 bits per heavy atom. The summed E-state index contributed by atoms with van der Waals surface area (Å²) in [6.07, 6.45) is 8.64. The second-order valence-corrected chi connectivity index (χ2v) is 20.9. The summed E-state index contributed by atoms with van der Waals surface area (Å²) in [6.45, 7) is 9.43. The summed E-state index contributed by atoms with van der Waals surface area (Å²) in [4.78, 5) is 2.57. The standard InChI is InChI=1S/C63H56N2/c1-40-30-47(45-22-24-48(25-23-45)63-37-42-32-43(38-63)34-44(33-42)39-63)31-41(2)61(40)65(50-26-28-52-51-16-8-11-19-56(51)62(3,4)57(52)36-50)60-29-27-49(35-55(60)46-14-6-5-7-15-46)64-58-20-12-9-17-53(58)54-18-10-13-21-59(54)64/h5-31,35-36,42-44H,32-34,37-39H2,1-4H3. The third kappa shape index (κ3) is 5.99. The minimum Gasteiger partial charge on any atom is -0.309 e. The van der Waals surface area contributed by atoms with Gasteiger partial charge in [-0.3, -0.25) is 0 Å². The van der Waals surface area contributed by atoms with Gasteiger partial charge in [0, 0.05) is 33.1 Å². The lowest BCUT2D eigenvalue weighted by atomic mass is 9.48. The van der Waals surface area contributed by atoms with Crippen LogP contribution in [0.3, 0.4) is 0 Å². The molecule has 0 N–H and O–H groups in total. The van der Waals surface area contributed by atoms with Gasteiger partial charge in [0.2, 0.25) is 0 Å². The van der Waals surface area contributed by atoms with Crippen LogP contribution < -0.4 is 4.90 Å². The van der Waals surface area contributed by atoms with Gasteiger partial charge in [0.1, 0.15) is 0 Å². The molecule has 0 amide bonds. The number of aryl methyl sites for hydroxylation is 2. The summed E-state index contributed by atoms with van der Waals surface area (Å²) in [6, 6.07) is 66.8. The van der Waals surface area contributed by atoms with Crippen LogP contribution in [0.2, 0.25) is 0 Å². The van der Waals surface area contributed by atoms with Crippen LogP contribution in [0.5, 0.6) is 0 Å². The average Bonchev–Trinajstić information content (AvgIpc) is 3.78. The Morgan fingerprint density at radius 1 is 0.477 bits per heavy atom. The van der Waals surface area contributed by atoms with E-state index in [1.165, 1.54) is 127 Å². The molecule has 5 aliphatic rings. The number of hydrogen-bond acceptors (Lipinski definition) is 1. The third-order valence-corrected chi connectivity index (χ3v) is 16.6. The van der Waals surface area contributed by atoms with E-state index in [1.807, 2.05) is 0 Å². The highest BCUT2D eigenvalue weighted by molar-refractivity contribution is 6.09. The number of anilines is 3. The fraction of sp³-hybridized carbons (Fsp3) is 0.238. The van der Waals surface area contributed by atoms with Crippen molar-refractivity contribution in [2.24, 2.45) is 17.8 Å². The summed E-state index contributed by atoms with van der Waals surface area (Å²) < 4.78 is 2.44. The Kier molecular flexibility index (Phi) is 8.61. The predicted octanol–water partition coefficient (Wildman–Crippen LogP) is 17.0. The molecule has 2 heteroatoms. The summed E-state index contributed by atoms with van der Waals surface area (Å²) in [5.41, 5.74) is 21.9. The predicted molar refractivity (Wildman–Crippen MR) is 273 cm³/mol. The first-order valence-corrected chi connectivity index (χ1v) is 24.2. The molecule has 8 aromatic carbocycles. The van der Waals surface area contributed by atoms with Gasteiger partial charge < -0.3 is 9.47 Å². The van der Waals surface area contributed by atoms with Crippen LogP contribution in [-0.2, 0) is 10.8 Å². The van der Waals surface area contributed by atoms with Crippen molar-refractivity contribution in [1.82, 2.24) is 4.57 Å². The molecule has 9 aromatic rings. The zero-order valence-electron chi connectivity index (χ0n) is 38.1. The van der Waals surface area contributed by atoms with E-state index < -0.39 is 0 Å². The van der Waals surface area contributed by atoms with E-state index in [0.717, 1.165) is 29.1 Å². The zero-order chi connectivity index (χ0) is 43.6. The van der Waals surface area contributed by atoms with Gasteiger partial charge in [-0.05, 0) is 186 Å². The van der Waals surface area contributed by atoms with Crippen molar-refractivity contribution in [1.29, 1.82) is 0 Å². The maximum atomic E-state index is 2.57. The lowest BCUT2D eigenvalue weighted by Gasteiger charge is -2.57. The molecule has 318 valence electrons. The molecule has 1 aromatic heterocycles. The van der Waals surface area contributed by atoms with Crippen LogP contribution in [0, 0.1) is 31.6 Å². The first kappa shape index (κ1) is 38.8. The van der Waals surface area contributed by atoms with E-state index >= 15 is 0 Å². The van der Waals surface area contributed by atoms with Crippen LogP contribution in [-0.4, -0.2) is 4.57 Å². The van der Waals surface area contributed by atoms with Crippen LogP contribution in [0.25, 0.3) is 60.9 Å². The van der Waals surface area contributed by atoms with E-state index in [2.05, 4.69) is 213 Å². The van der Waals surface area contributed by atoms with Gasteiger partial charge in [0.25, 0.3) is 0 Å². The maximum Gasteiger partial charge on any atom is 0.0541 e. The highest BCUT2D eigenvalue weighted by Crippen LogP contribution is 2.61. The quantitative estimate of drug-likeness (QED) is 0.155. The summed E-state index contributed by atoms with van der Waals surface area (Å²) >= 11 is 0. The maximum absolute atomic E-state index is 2.57. The number of nitrogens with zero attached hydrogens (tertiary/aromatic N) is 2. The van der Waals surface area contributed by atoms with E-state index in [4.69, 9.17) is 0 Å². The van der Waals surface area contributed by atoms with E-state index in [0.29, 0.717) is 5.41 Å². The Labute approximate surface area is 384 Å². The summed E-state index contributed by atoms with van der Waals surface area (Å²) in [5, 5.41) is 2.54. The van der Waals surface area contributed by atoms with E-state index in [-0.39, 0.29) is 5.41 Å². The van der Waals surface area contributed by atoms with Crippen LogP contribution >= 0.6 is 0 Å². The van der Waals surface area contributed by atoms with Crippen molar-refractivity contribution in [3.05, 3.63) is 204 Å². The molecule has 0 atom stereocenters. The third-order valence-electron chi connectivity index (χ3n) is 16.6. The normalized spacial score (nSPS) is 21.2. The first-order chi connectivity index (χ1) is 31.7. The zero-order valence-corrected chi connectivity index (χ0v) is 38.1. The fourth-order valence-corrected chi connectivity index (χ4v) is 14.1. The van der Waals surface area contributed by atoms with Gasteiger partial charge in [-0.2, -0.15) is 0 Å². The van der Waals surface area contributed by atoms with Crippen molar-refractivity contribution in [2.45, 2.75) is 77.0 Å². The molecule has 2 nitrogen and oxygen atoms in total. The molecule has 0 spiro atoms. The van der Waals surface area contributed by atoms with Crippen molar-refractivity contribution in [2.75, 3.05) is 4.90 Å². The van der Waals surface area contributed by atoms with Crippen molar-refractivity contribution in [3.63, 3.8) is 0 Å². The summed E-state index contributed by atoms with van der Waals surface area (Å²) in [5.74, 6) is 2.84. The number of aromatic nitrogens is 1. The van der Waals surface area contributed by atoms with Gasteiger partial charge in [0.05, 0.1) is 22.4 Å². The molecule has 0 aliphatic heterocycles. The minimum atomic E-state index is -0.132. The molecular weight excluding hydrogens is 785 g/mol. The Hall–Kier alpha value is -6.64. The lowest BCUT2D eigenvalue weighted by Crippen LogP contribution is -2.48. The molecule has 4 saturated carbocycles. The van der Waals surface area contributed by atoms with Gasteiger partial charge in [-0.15, -0.1) is 0 Å². The SMILES string of the molecule is Cc1cc(-c2ccc(C34CC5CC(CC(C5)C3)C4)cc2)cc(C)c1N(c1ccc2c(c1)C(C)(C)c1ccccc1-2)c1ccc(-n2c3ccccc3c3ccccc32)cc1-c1ccccc1. The van der Waals surface area contributed by atoms with Crippen molar-refractivity contribution < 1.29 is 0 Å². The molecule has 0 unspecified atom stereocenters. The Balaban J connectivity index is 0.983. The van der Waals surface area contributed by atoms with Crippen LogP contribution in [0.15, 0.2) is 176 Å². The first-order valence-electron chi connectivity index (χ1n) is 24.2. The van der Waals surface area contributed by atoms with Crippen molar-refractivity contribution >= 4 is 38.9 Å². The topological polar surface area (TPSA) is 8.17 Å². The number of para-hydroxylation sites is 2. The number of rotatable bonds is 7. The second-order valence-electron chi connectivity index (χ2n) is 20.9. The molecule has 14 rings (SSSR count). The number of fused-ring (bicyclic) bond motifs is 6. The molecule has 65 heavy (non-hydrogen) atoms. The minimum absolute atomic E-state index is 0.132. The molecule has 0 radical (unpaired) electrons.